The van der Waals surface area contributed by atoms with Crippen LogP contribution in [0, 0.1) is 11.8 Å². The number of imidazole rings is 1. The van der Waals surface area contributed by atoms with Crippen molar-refractivity contribution in [2.24, 2.45) is 11.8 Å². The third kappa shape index (κ3) is 3.90. The molecule has 1 aliphatic heterocycles. The molecule has 1 fully saturated rings. The molecule has 2 aromatic rings. The zero-order valence-corrected chi connectivity index (χ0v) is 14.7. The van der Waals surface area contributed by atoms with Crippen LogP contribution in [-0.2, 0) is 24.4 Å². The van der Waals surface area contributed by atoms with Gasteiger partial charge in [-0.2, -0.15) is 0 Å². The average Bonchev–Trinajstić information content (AvgIpc) is 3.39. The summed E-state index contributed by atoms with van der Waals surface area (Å²) in [5.74, 6) is 1.98. The Kier molecular flexibility index (Phi) is 4.53. The summed E-state index contributed by atoms with van der Waals surface area (Å²) in [6.45, 7) is 4.20. The molecule has 1 amide bonds. The van der Waals surface area contributed by atoms with Gasteiger partial charge < -0.3 is 14.4 Å². The lowest BCUT2D eigenvalue weighted by Gasteiger charge is -2.27. The summed E-state index contributed by atoms with van der Waals surface area (Å²) < 4.78 is 2.21. The second kappa shape index (κ2) is 6.96. The smallest absolute Gasteiger partial charge is 0.226 e. The SMILES string of the molecule is CN(Cc1cccnc1)C[C@@H]1CN(C(=O)C2CC2)Cc2nccn2C1. The number of fused-ring (bicyclic) bond motifs is 1. The van der Waals surface area contributed by atoms with Gasteiger partial charge in [0.05, 0.1) is 6.54 Å². The van der Waals surface area contributed by atoms with E-state index in [1.807, 2.05) is 29.6 Å². The molecule has 25 heavy (non-hydrogen) atoms. The molecule has 0 N–H and O–H groups in total. The number of carbonyl (C=O) groups excluding carboxylic acids is 1. The van der Waals surface area contributed by atoms with Crippen LogP contribution in [0.2, 0.25) is 0 Å². The van der Waals surface area contributed by atoms with Crippen molar-refractivity contribution in [1.82, 2.24) is 24.3 Å². The third-order valence-corrected chi connectivity index (χ3v) is 5.05. The fourth-order valence-corrected chi connectivity index (χ4v) is 3.72. The summed E-state index contributed by atoms with van der Waals surface area (Å²) in [4.78, 5) is 25.6. The quantitative estimate of drug-likeness (QED) is 0.833. The maximum Gasteiger partial charge on any atom is 0.226 e. The van der Waals surface area contributed by atoms with Crippen molar-refractivity contribution in [3.8, 4) is 0 Å². The highest BCUT2D eigenvalue weighted by Gasteiger charge is 2.36. The fraction of sp³-hybridized carbons (Fsp3) is 0.526. The number of hydrogen-bond donors (Lipinski definition) is 0. The molecule has 0 radical (unpaired) electrons. The summed E-state index contributed by atoms with van der Waals surface area (Å²) in [6, 6.07) is 4.08. The maximum atomic E-state index is 12.6. The first-order chi connectivity index (χ1) is 12.2. The summed E-state index contributed by atoms with van der Waals surface area (Å²) in [5.41, 5.74) is 1.22. The molecule has 2 aromatic heterocycles. The van der Waals surface area contributed by atoms with Crippen molar-refractivity contribution >= 4 is 5.91 Å². The molecule has 1 saturated carbocycles. The highest BCUT2D eigenvalue weighted by Crippen LogP contribution is 2.32. The van der Waals surface area contributed by atoms with Crippen molar-refractivity contribution in [3.63, 3.8) is 0 Å². The molecule has 6 nitrogen and oxygen atoms in total. The minimum Gasteiger partial charge on any atom is -0.335 e. The number of aromatic nitrogens is 3. The second-order valence-electron chi connectivity index (χ2n) is 7.41. The van der Waals surface area contributed by atoms with Crippen molar-refractivity contribution in [3.05, 3.63) is 48.3 Å². The Hall–Kier alpha value is -2.21. The van der Waals surface area contributed by atoms with E-state index in [1.165, 1.54) is 5.56 Å². The molecule has 2 aliphatic rings. The zero-order valence-electron chi connectivity index (χ0n) is 14.7. The number of nitrogens with zero attached hydrogens (tertiary/aromatic N) is 5. The molecule has 1 aliphatic carbocycles. The number of hydrogen-bond acceptors (Lipinski definition) is 4. The number of carbonyl (C=O) groups is 1. The predicted octanol–water partition coefficient (Wildman–Crippen LogP) is 1.78. The standard InChI is InChI=1S/C19H25N5O/c1-22(10-15-3-2-6-20-9-15)11-16-12-23-8-7-21-18(23)14-24(13-16)19(25)17-4-5-17/h2-3,6-9,16-17H,4-5,10-14H2,1H3/t16-/m0/s1. The van der Waals surface area contributed by atoms with Gasteiger partial charge in [0.25, 0.3) is 0 Å². The fourth-order valence-electron chi connectivity index (χ4n) is 3.72. The first kappa shape index (κ1) is 16.3. The van der Waals surface area contributed by atoms with Gasteiger partial charge in [-0.25, -0.2) is 4.98 Å². The van der Waals surface area contributed by atoms with Crippen LogP contribution in [0.25, 0.3) is 0 Å². The summed E-state index contributed by atoms with van der Waals surface area (Å²) in [7, 11) is 2.14. The van der Waals surface area contributed by atoms with Crippen molar-refractivity contribution in [1.29, 1.82) is 0 Å². The van der Waals surface area contributed by atoms with Crippen LogP contribution in [0.1, 0.15) is 24.2 Å². The molecule has 132 valence electrons. The molecular formula is C19H25N5O. The molecule has 0 bridgehead atoms. The Morgan fingerprint density at radius 1 is 1.32 bits per heavy atom. The first-order valence-electron chi connectivity index (χ1n) is 9.05. The largest absolute Gasteiger partial charge is 0.335 e. The van der Waals surface area contributed by atoms with Crippen molar-refractivity contribution in [2.75, 3.05) is 20.1 Å². The second-order valence-corrected chi connectivity index (χ2v) is 7.41. The van der Waals surface area contributed by atoms with E-state index in [1.54, 1.807) is 6.20 Å². The van der Waals surface area contributed by atoms with Gasteiger partial charge >= 0.3 is 0 Å². The van der Waals surface area contributed by atoms with E-state index < -0.39 is 0 Å². The molecular weight excluding hydrogens is 314 g/mol. The topological polar surface area (TPSA) is 54.3 Å². The van der Waals surface area contributed by atoms with E-state index in [0.717, 1.165) is 44.8 Å². The molecule has 0 saturated heterocycles. The number of rotatable bonds is 5. The van der Waals surface area contributed by atoms with Gasteiger partial charge in [-0.05, 0) is 31.5 Å². The van der Waals surface area contributed by atoms with E-state index in [0.29, 0.717) is 18.4 Å². The van der Waals surface area contributed by atoms with Crippen LogP contribution in [0.3, 0.4) is 0 Å². The van der Waals surface area contributed by atoms with Crippen LogP contribution < -0.4 is 0 Å². The van der Waals surface area contributed by atoms with Crippen LogP contribution in [0.4, 0.5) is 0 Å². The molecule has 6 heteroatoms. The van der Waals surface area contributed by atoms with E-state index in [-0.39, 0.29) is 5.92 Å². The monoisotopic (exact) mass is 339 g/mol. The summed E-state index contributed by atoms with van der Waals surface area (Å²) >= 11 is 0. The van der Waals surface area contributed by atoms with Gasteiger partial charge in [0.15, 0.2) is 0 Å². The average molecular weight is 339 g/mol. The van der Waals surface area contributed by atoms with Gasteiger partial charge in [0.2, 0.25) is 5.91 Å². The van der Waals surface area contributed by atoms with Crippen LogP contribution >= 0.6 is 0 Å². The Morgan fingerprint density at radius 3 is 2.96 bits per heavy atom. The Labute approximate surface area is 148 Å². The Bertz CT molecular complexity index is 724. The van der Waals surface area contributed by atoms with Gasteiger partial charge in [0.1, 0.15) is 5.82 Å². The van der Waals surface area contributed by atoms with E-state index >= 15 is 0 Å². The molecule has 4 rings (SSSR count). The maximum absolute atomic E-state index is 12.6. The lowest BCUT2D eigenvalue weighted by atomic mass is 10.1. The highest BCUT2D eigenvalue weighted by atomic mass is 16.2. The molecule has 0 spiro atoms. The lowest BCUT2D eigenvalue weighted by molar-refractivity contribution is -0.133. The van der Waals surface area contributed by atoms with E-state index in [4.69, 9.17) is 0 Å². The minimum absolute atomic E-state index is 0.260. The van der Waals surface area contributed by atoms with Crippen molar-refractivity contribution in [2.45, 2.75) is 32.5 Å². The minimum atomic E-state index is 0.260. The van der Waals surface area contributed by atoms with Gasteiger partial charge in [0, 0.05) is 62.8 Å². The van der Waals surface area contributed by atoms with E-state index in [2.05, 4.69) is 32.5 Å². The number of amides is 1. The number of pyridine rings is 1. The Morgan fingerprint density at radius 2 is 2.20 bits per heavy atom. The first-order valence-corrected chi connectivity index (χ1v) is 9.05. The van der Waals surface area contributed by atoms with Crippen LogP contribution in [-0.4, -0.2) is 50.4 Å². The molecule has 0 unspecified atom stereocenters. The Balaban J connectivity index is 1.45. The van der Waals surface area contributed by atoms with Crippen molar-refractivity contribution < 1.29 is 4.79 Å². The predicted molar refractivity (Wildman–Crippen MR) is 94.4 cm³/mol. The molecule has 1 atom stereocenters. The van der Waals surface area contributed by atoms with Crippen LogP contribution in [0.5, 0.6) is 0 Å². The summed E-state index contributed by atoms with van der Waals surface area (Å²) in [5, 5.41) is 0. The third-order valence-electron chi connectivity index (χ3n) is 5.05. The van der Waals surface area contributed by atoms with Gasteiger partial charge in [-0.1, -0.05) is 6.07 Å². The normalized spacial score (nSPS) is 20.4. The highest BCUT2D eigenvalue weighted by molar-refractivity contribution is 5.81. The van der Waals surface area contributed by atoms with Gasteiger partial charge in [-0.3, -0.25) is 9.78 Å². The van der Waals surface area contributed by atoms with Crippen LogP contribution in [0.15, 0.2) is 36.9 Å². The van der Waals surface area contributed by atoms with E-state index in [9.17, 15) is 4.79 Å². The zero-order chi connectivity index (χ0) is 17.2. The molecule has 3 heterocycles. The summed E-state index contributed by atoms with van der Waals surface area (Å²) in [6.07, 6.45) is 9.70. The lowest BCUT2D eigenvalue weighted by Crippen LogP contribution is -2.38. The molecule has 0 aromatic carbocycles. The van der Waals surface area contributed by atoms with Gasteiger partial charge in [-0.15, -0.1) is 0 Å².